The van der Waals surface area contributed by atoms with E-state index in [0.717, 1.165) is 44.7 Å². The Morgan fingerprint density at radius 2 is 2.10 bits per heavy atom. The maximum Gasteiger partial charge on any atom is 0.123 e. The molecule has 1 fully saturated rings. The van der Waals surface area contributed by atoms with Crippen LogP contribution < -0.4 is 5.32 Å². The lowest BCUT2D eigenvalue weighted by Gasteiger charge is -2.36. The third kappa shape index (κ3) is 3.97. The highest BCUT2D eigenvalue weighted by Crippen LogP contribution is 2.24. The van der Waals surface area contributed by atoms with Gasteiger partial charge in [-0.1, -0.05) is 0 Å². The number of furan rings is 1. The molecule has 0 radical (unpaired) electrons. The summed E-state index contributed by atoms with van der Waals surface area (Å²) in [5, 5.41) is 12.7. The molecule has 3 aromatic heterocycles. The zero-order chi connectivity index (χ0) is 19.5. The zero-order valence-electron chi connectivity index (χ0n) is 16.4. The Kier molecular flexibility index (Phi) is 5.15. The number of aryl methyl sites for hydroxylation is 1. The number of rotatable bonds is 7. The highest BCUT2D eigenvalue weighted by Gasteiger charge is 2.22. The molecule has 1 aliphatic rings. The summed E-state index contributed by atoms with van der Waals surface area (Å²) in [6, 6.07) is 9.08. The largest absolute Gasteiger partial charge is 0.472 e. The number of hydrogen-bond acceptors (Lipinski definition) is 5. The normalized spacial score (nSPS) is 17.9. The van der Waals surface area contributed by atoms with Crippen LogP contribution in [-0.2, 0) is 13.0 Å². The molecule has 1 aliphatic heterocycles. The van der Waals surface area contributed by atoms with Crippen molar-refractivity contribution in [2.45, 2.75) is 31.8 Å². The van der Waals surface area contributed by atoms with E-state index in [1.807, 2.05) is 10.8 Å². The lowest BCUT2D eigenvalue weighted by Crippen LogP contribution is -2.50. The minimum atomic E-state index is 0.566. The molecule has 1 aromatic carbocycles. The van der Waals surface area contributed by atoms with Gasteiger partial charge in [0.2, 0.25) is 0 Å². The molecule has 0 aliphatic carbocycles. The van der Waals surface area contributed by atoms with Crippen LogP contribution in [-0.4, -0.2) is 50.3 Å². The van der Waals surface area contributed by atoms with Crippen LogP contribution in [0.4, 0.5) is 0 Å². The van der Waals surface area contributed by atoms with Gasteiger partial charge in [-0.3, -0.25) is 9.47 Å². The number of piperazine rings is 1. The van der Waals surface area contributed by atoms with Crippen LogP contribution in [0.2, 0.25) is 0 Å². The number of aromatic amines is 1. The Morgan fingerprint density at radius 1 is 1.17 bits per heavy atom. The van der Waals surface area contributed by atoms with Crippen LogP contribution >= 0.6 is 0 Å². The fourth-order valence-corrected chi connectivity index (χ4v) is 4.31. The molecule has 5 rings (SSSR count). The second-order valence-corrected chi connectivity index (χ2v) is 7.77. The Bertz CT molecular complexity index is 1040. The predicted octanol–water partition coefficient (Wildman–Crippen LogP) is 3.14. The van der Waals surface area contributed by atoms with Crippen LogP contribution in [0, 0.1) is 0 Å². The number of fused-ring (bicyclic) bond motifs is 1. The van der Waals surface area contributed by atoms with Gasteiger partial charge in [-0.15, -0.1) is 10.2 Å². The first-order valence-corrected chi connectivity index (χ1v) is 10.3. The molecule has 7 heteroatoms. The zero-order valence-corrected chi connectivity index (χ0v) is 16.4. The molecule has 1 unspecified atom stereocenters. The minimum Gasteiger partial charge on any atom is -0.472 e. The number of nitrogens with one attached hydrogen (secondary N) is 2. The maximum atomic E-state index is 5.24. The van der Waals surface area contributed by atoms with Crippen molar-refractivity contribution in [2.75, 3.05) is 19.6 Å². The smallest absolute Gasteiger partial charge is 0.123 e. The fourth-order valence-electron chi connectivity index (χ4n) is 4.31. The van der Waals surface area contributed by atoms with Gasteiger partial charge in [0.15, 0.2) is 0 Å². The summed E-state index contributed by atoms with van der Waals surface area (Å²) in [6.07, 6.45) is 12.7. The van der Waals surface area contributed by atoms with E-state index in [-0.39, 0.29) is 0 Å². The Labute approximate surface area is 169 Å². The SMILES string of the molecule is c1cc(CN2CCNCC2CCCc2c[nH]c3ccc(-n4cnnc4)cc23)co1. The average molecular weight is 390 g/mol. The van der Waals surface area contributed by atoms with Crippen LogP contribution in [0.3, 0.4) is 0 Å². The van der Waals surface area contributed by atoms with Crippen molar-refractivity contribution in [1.29, 1.82) is 0 Å². The molecule has 7 nitrogen and oxygen atoms in total. The van der Waals surface area contributed by atoms with Gasteiger partial charge in [0.1, 0.15) is 12.7 Å². The molecule has 0 spiro atoms. The molecular formula is C22H26N6O. The number of hydrogen-bond donors (Lipinski definition) is 2. The van der Waals surface area contributed by atoms with Crippen LogP contribution in [0.15, 0.2) is 60.1 Å². The number of H-pyrrole nitrogens is 1. The summed E-state index contributed by atoms with van der Waals surface area (Å²) in [5.74, 6) is 0. The summed E-state index contributed by atoms with van der Waals surface area (Å²) in [7, 11) is 0. The summed E-state index contributed by atoms with van der Waals surface area (Å²) >= 11 is 0. The molecular weight excluding hydrogens is 364 g/mol. The molecule has 150 valence electrons. The van der Waals surface area contributed by atoms with Crippen LogP contribution in [0.25, 0.3) is 16.6 Å². The monoisotopic (exact) mass is 390 g/mol. The molecule has 4 heterocycles. The van der Waals surface area contributed by atoms with E-state index >= 15 is 0 Å². The average Bonchev–Trinajstić information content (AvgIpc) is 3.51. The Hall–Kier alpha value is -2.90. The molecule has 0 saturated carbocycles. The summed E-state index contributed by atoms with van der Waals surface area (Å²) in [4.78, 5) is 6.00. The third-order valence-electron chi connectivity index (χ3n) is 5.89. The fraction of sp³-hybridized carbons (Fsp3) is 0.364. The van der Waals surface area contributed by atoms with E-state index in [4.69, 9.17) is 4.42 Å². The van der Waals surface area contributed by atoms with E-state index in [0.29, 0.717) is 6.04 Å². The predicted molar refractivity (Wildman–Crippen MR) is 112 cm³/mol. The summed E-state index contributed by atoms with van der Waals surface area (Å²) in [5.41, 5.74) is 4.90. The van der Waals surface area contributed by atoms with Gasteiger partial charge in [-0.25, -0.2) is 0 Å². The van der Waals surface area contributed by atoms with Crippen LogP contribution in [0.5, 0.6) is 0 Å². The molecule has 1 atom stereocenters. The number of nitrogens with zero attached hydrogens (tertiary/aromatic N) is 4. The quantitative estimate of drug-likeness (QED) is 0.507. The van der Waals surface area contributed by atoms with E-state index in [1.165, 1.54) is 28.5 Å². The molecule has 2 N–H and O–H groups in total. The first kappa shape index (κ1) is 18.1. The highest BCUT2D eigenvalue weighted by molar-refractivity contribution is 5.85. The van der Waals surface area contributed by atoms with E-state index in [9.17, 15) is 0 Å². The van der Waals surface area contributed by atoms with Crippen LogP contribution in [0.1, 0.15) is 24.0 Å². The standard InChI is InChI=1S/C22H26N6O/c1(3-20-12-23-7-8-27(20)13-17-6-9-29-14-17)2-18-11-24-22-5-4-19(10-21(18)22)28-15-25-26-16-28/h4-6,9-11,14-16,20,23-24H,1-3,7-8,12-13H2. The lowest BCUT2D eigenvalue weighted by molar-refractivity contribution is 0.143. The van der Waals surface area contributed by atoms with Gasteiger partial charge in [-0.2, -0.15) is 0 Å². The topological polar surface area (TPSA) is 74.9 Å². The Balaban J connectivity index is 1.25. The number of benzene rings is 1. The van der Waals surface area contributed by atoms with Crippen molar-refractivity contribution >= 4 is 10.9 Å². The van der Waals surface area contributed by atoms with Gasteiger partial charge >= 0.3 is 0 Å². The van der Waals surface area contributed by atoms with Crippen molar-refractivity contribution in [1.82, 2.24) is 30.0 Å². The summed E-state index contributed by atoms with van der Waals surface area (Å²) in [6.45, 7) is 4.18. The van der Waals surface area contributed by atoms with Gasteiger partial charge < -0.3 is 14.7 Å². The van der Waals surface area contributed by atoms with Gasteiger partial charge in [0.25, 0.3) is 0 Å². The van der Waals surface area contributed by atoms with Crippen molar-refractivity contribution in [3.63, 3.8) is 0 Å². The minimum absolute atomic E-state index is 0.566. The second kappa shape index (κ2) is 8.23. The third-order valence-corrected chi connectivity index (χ3v) is 5.89. The van der Waals surface area contributed by atoms with Gasteiger partial charge in [0, 0.05) is 60.6 Å². The molecule has 1 saturated heterocycles. The van der Waals surface area contributed by atoms with E-state index in [2.05, 4.69) is 55.9 Å². The van der Waals surface area contributed by atoms with E-state index < -0.39 is 0 Å². The first-order chi connectivity index (χ1) is 14.4. The molecule has 4 aromatic rings. The first-order valence-electron chi connectivity index (χ1n) is 10.3. The number of aromatic nitrogens is 4. The van der Waals surface area contributed by atoms with Crippen molar-refractivity contribution in [3.05, 3.63) is 66.8 Å². The van der Waals surface area contributed by atoms with Gasteiger partial charge in [-0.05, 0) is 49.1 Å². The van der Waals surface area contributed by atoms with Crippen molar-refractivity contribution in [2.24, 2.45) is 0 Å². The maximum absolute atomic E-state index is 5.24. The molecule has 0 amide bonds. The van der Waals surface area contributed by atoms with Gasteiger partial charge in [0.05, 0.1) is 12.5 Å². The van der Waals surface area contributed by atoms with Crippen molar-refractivity contribution < 1.29 is 4.42 Å². The molecule has 0 bridgehead atoms. The summed E-state index contributed by atoms with van der Waals surface area (Å²) < 4.78 is 7.19. The second-order valence-electron chi connectivity index (χ2n) is 7.77. The molecule has 29 heavy (non-hydrogen) atoms. The lowest BCUT2D eigenvalue weighted by atomic mass is 10.0. The van der Waals surface area contributed by atoms with Crippen molar-refractivity contribution in [3.8, 4) is 5.69 Å². The highest BCUT2D eigenvalue weighted by atomic mass is 16.3. The van der Waals surface area contributed by atoms with E-state index in [1.54, 1.807) is 18.9 Å². The Morgan fingerprint density at radius 3 is 2.97 bits per heavy atom.